The molecule has 0 radical (unpaired) electrons. The second-order valence-electron chi connectivity index (χ2n) is 7.46. The number of fused-ring (bicyclic) bond motifs is 1. The zero-order valence-electron chi connectivity index (χ0n) is 12.4. The molecule has 1 aliphatic carbocycles. The average molecular weight is 296 g/mol. The number of rotatable bonds is 3. The number of nitrogens with zero attached hydrogens (tertiary/aromatic N) is 1. The van der Waals surface area contributed by atoms with Crippen LogP contribution in [0.25, 0.3) is 0 Å². The maximum atomic E-state index is 14.3. The minimum absolute atomic E-state index is 0.409. The number of hydrogen-bond acceptors (Lipinski definition) is 1. The van der Waals surface area contributed by atoms with Crippen LogP contribution < -0.4 is 0 Å². The summed E-state index contributed by atoms with van der Waals surface area (Å²) >= 11 is 5.84. The Morgan fingerprint density at radius 3 is 2.25 bits per heavy atom. The first kappa shape index (κ1) is 14.3. The quantitative estimate of drug-likeness (QED) is 0.789. The van der Waals surface area contributed by atoms with Crippen molar-refractivity contribution in [3.63, 3.8) is 0 Å². The van der Waals surface area contributed by atoms with Crippen molar-refractivity contribution < 1.29 is 4.39 Å². The van der Waals surface area contributed by atoms with Crippen molar-refractivity contribution in [1.82, 2.24) is 4.90 Å². The van der Waals surface area contributed by atoms with Crippen LogP contribution in [0.1, 0.15) is 32.5 Å². The Morgan fingerprint density at radius 2 is 1.75 bits per heavy atom. The molecule has 110 valence electrons. The van der Waals surface area contributed by atoms with Gasteiger partial charge < -0.3 is 0 Å². The van der Waals surface area contributed by atoms with Gasteiger partial charge in [-0.15, -0.1) is 0 Å². The van der Waals surface area contributed by atoms with E-state index in [1.54, 1.807) is 24.3 Å². The average Bonchev–Trinajstić information content (AvgIpc) is 2.89. The molecule has 0 N–H and O–H groups in total. The van der Waals surface area contributed by atoms with Crippen molar-refractivity contribution in [3.05, 3.63) is 34.9 Å². The molecule has 0 bridgehead atoms. The first-order valence-corrected chi connectivity index (χ1v) is 7.86. The molecular formula is C17H23ClFN. The monoisotopic (exact) mass is 295 g/mol. The van der Waals surface area contributed by atoms with Gasteiger partial charge in [-0.25, -0.2) is 4.39 Å². The van der Waals surface area contributed by atoms with Crippen LogP contribution in [0, 0.1) is 23.2 Å². The summed E-state index contributed by atoms with van der Waals surface area (Å²) in [4.78, 5) is 2.29. The Balaban J connectivity index is 1.53. The molecule has 3 rings (SSSR count). The van der Waals surface area contributed by atoms with Gasteiger partial charge in [0.15, 0.2) is 0 Å². The van der Waals surface area contributed by atoms with E-state index in [1.807, 2.05) is 0 Å². The second kappa shape index (κ2) is 4.99. The standard InChI is InChI=1S/C17H23ClFN/c1-17(2,3)16-13-8-20(9-14(13)16)10-15(19)11-4-6-12(18)7-5-11/h4-7,13-16H,8-10H2,1-3H3. The number of alkyl halides is 1. The van der Waals surface area contributed by atoms with Crippen LogP contribution in [0.2, 0.25) is 5.02 Å². The molecule has 1 heterocycles. The lowest BCUT2D eigenvalue weighted by Gasteiger charge is -2.26. The van der Waals surface area contributed by atoms with Crippen molar-refractivity contribution >= 4 is 11.6 Å². The first-order valence-electron chi connectivity index (χ1n) is 7.48. The molecule has 3 atom stereocenters. The molecule has 2 aliphatic rings. The van der Waals surface area contributed by atoms with Crippen LogP contribution in [0.3, 0.4) is 0 Å². The van der Waals surface area contributed by atoms with Gasteiger partial charge in [0.1, 0.15) is 6.17 Å². The Labute approximate surface area is 126 Å². The third kappa shape index (κ3) is 2.73. The van der Waals surface area contributed by atoms with Gasteiger partial charge in [-0.05, 0) is 40.9 Å². The van der Waals surface area contributed by atoms with Crippen molar-refractivity contribution in [3.8, 4) is 0 Å². The predicted octanol–water partition coefficient (Wildman–Crippen LogP) is 4.57. The molecule has 0 amide bonds. The lowest BCUT2D eigenvalue weighted by Crippen LogP contribution is -2.30. The summed E-state index contributed by atoms with van der Waals surface area (Å²) in [6.45, 7) is 9.64. The second-order valence-corrected chi connectivity index (χ2v) is 7.89. The highest BCUT2D eigenvalue weighted by Gasteiger charge is 2.59. The van der Waals surface area contributed by atoms with Crippen LogP contribution in [0.5, 0.6) is 0 Å². The van der Waals surface area contributed by atoms with E-state index in [9.17, 15) is 4.39 Å². The van der Waals surface area contributed by atoms with Crippen molar-refractivity contribution in [2.24, 2.45) is 23.2 Å². The Bertz CT molecular complexity index is 467. The van der Waals surface area contributed by atoms with E-state index in [-0.39, 0.29) is 0 Å². The number of piperidine rings is 1. The molecule has 3 unspecified atom stereocenters. The van der Waals surface area contributed by atoms with Gasteiger partial charge >= 0.3 is 0 Å². The fraction of sp³-hybridized carbons (Fsp3) is 0.647. The molecule has 3 heteroatoms. The molecular weight excluding hydrogens is 273 g/mol. The smallest absolute Gasteiger partial charge is 0.138 e. The lowest BCUT2D eigenvalue weighted by molar-refractivity contribution is 0.178. The van der Waals surface area contributed by atoms with Gasteiger partial charge in [-0.1, -0.05) is 44.5 Å². The first-order chi connectivity index (χ1) is 9.36. The molecule has 1 aromatic rings. The molecule has 0 spiro atoms. The molecule has 1 aromatic carbocycles. The topological polar surface area (TPSA) is 3.24 Å². The van der Waals surface area contributed by atoms with E-state index < -0.39 is 6.17 Å². The van der Waals surface area contributed by atoms with E-state index in [4.69, 9.17) is 11.6 Å². The maximum Gasteiger partial charge on any atom is 0.138 e. The Morgan fingerprint density at radius 1 is 1.20 bits per heavy atom. The highest BCUT2D eigenvalue weighted by molar-refractivity contribution is 6.30. The zero-order chi connectivity index (χ0) is 14.5. The van der Waals surface area contributed by atoms with E-state index >= 15 is 0 Å². The van der Waals surface area contributed by atoms with Gasteiger partial charge in [0.05, 0.1) is 0 Å². The van der Waals surface area contributed by atoms with Crippen LogP contribution >= 0.6 is 11.6 Å². The molecule has 2 fully saturated rings. The van der Waals surface area contributed by atoms with E-state index in [1.165, 1.54) is 0 Å². The molecule has 1 saturated carbocycles. The number of halogens is 2. The lowest BCUT2D eigenvalue weighted by atomic mass is 9.87. The van der Waals surface area contributed by atoms with Crippen LogP contribution in [0.4, 0.5) is 4.39 Å². The molecule has 1 nitrogen and oxygen atoms in total. The van der Waals surface area contributed by atoms with Gasteiger partial charge in [0.25, 0.3) is 0 Å². The number of likely N-dealkylation sites (tertiary alicyclic amines) is 1. The normalized spacial score (nSPS) is 31.1. The van der Waals surface area contributed by atoms with Gasteiger partial charge in [-0.2, -0.15) is 0 Å². The van der Waals surface area contributed by atoms with Gasteiger partial charge in [0.2, 0.25) is 0 Å². The third-order valence-electron chi connectivity index (χ3n) is 4.92. The number of hydrogen-bond donors (Lipinski definition) is 0. The summed E-state index contributed by atoms with van der Waals surface area (Å²) in [5, 5.41) is 0.663. The zero-order valence-corrected chi connectivity index (χ0v) is 13.2. The Hall–Kier alpha value is -0.600. The van der Waals surface area contributed by atoms with Gasteiger partial charge in [-0.3, -0.25) is 4.90 Å². The number of benzene rings is 1. The largest absolute Gasteiger partial charge is 0.300 e. The fourth-order valence-electron chi connectivity index (χ4n) is 4.05. The predicted molar refractivity (Wildman–Crippen MR) is 81.7 cm³/mol. The molecule has 20 heavy (non-hydrogen) atoms. The minimum Gasteiger partial charge on any atom is -0.300 e. The van der Waals surface area contributed by atoms with E-state index in [0.29, 0.717) is 17.0 Å². The summed E-state index contributed by atoms with van der Waals surface area (Å²) in [5.74, 6) is 2.44. The summed E-state index contributed by atoms with van der Waals surface area (Å²) in [6.07, 6.45) is -0.905. The highest BCUT2D eigenvalue weighted by Crippen LogP contribution is 2.59. The third-order valence-corrected chi connectivity index (χ3v) is 5.17. The van der Waals surface area contributed by atoms with E-state index in [2.05, 4.69) is 25.7 Å². The summed E-state index contributed by atoms with van der Waals surface area (Å²) in [7, 11) is 0. The van der Waals surface area contributed by atoms with Crippen LogP contribution in [-0.4, -0.2) is 24.5 Å². The highest BCUT2D eigenvalue weighted by atomic mass is 35.5. The SMILES string of the molecule is CC(C)(C)C1C2CN(CC(F)c3ccc(Cl)cc3)CC21. The summed E-state index contributed by atoms with van der Waals surface area (Å²) in [5.41, 5.74) is 1.15. The molecule has 0 aromatic heterocycles. The van der Waals surface area contributed by atoms with E-state index in [0.717, 1.165) is 36.4 Å². The summed E-state index contributed by atoms with van der Waals surface area (Å²) in [6, 6.07) is 7.12. The van der Waals surface area contributed by atoms with Crippen LogP contribution in [-0.2, 0) is 0 Å². The van der Waals surface area contributed by atoms with Crippen molar-refractivity contribution in [2.75, 3.05) is 19.6 Å². The van der Waals surface area contributed by atoms with Gasteiger partial charge in [0, 0.05) is 24.7 Å². The summed E-state index contributed by atoms with van der Waals surface area (Å²) < 4.78 is 14.3. The van der Waals surface area contributed by atoms with Crippen molar-refractivity contribution in [1.29, 1.82) is 0 Å². The van der Waals surface area contributed by atoms with Crippen LogP contribution in [0.15, 0.2) is 24.3 Å². The fourth-order valence-corrected chi connectivity index (χ4v) is 4.18. The molecule has 1 saturated heterocycles. The molecule has 1 aliphatic heterocycles. The Kier molecular flexibility index (Phi) is 3.58. The minimum atomic E-state index is -0.905. The van der Waals surface area contributed by atoms with Crippen molar-refractivity contribution in [2.45, 2.75) is 26.9 Å². The maximum absolute atomic E-state index is 14.3.